The van der Waals surface area contributed by atoms with E-state index in [1.807, 2.05) is 37.3 Å². The van der Waals surface area contributed by atoms with E-state index in [0.717, 1.165) is 29.0 Å². The van der Waals surface area contributed by atoms with Crippen LogP contribution >= 0.6 is 0 Å². The lowest BCUT2D eigenvalue weighted by molar-refractivity contribution is -0.139. The van der Waals surface area contributed by atoms with Gasteiger partial charge < -0.3 is 10.2 Å². The second-order valence-corrected chi connectivity index (χ2v) is 10.1. The largest absolute Gasteiger partial charge is 0.354 e. The first kappa shape index (κ1) is 27.0. The molecule has 2 aromatic carbocycles. The Hall–Kier alpha value is -3.20. The highest BCUT2D eigenvalue weighted by Gasteiger charge is 2.30. The molecule has 184 valence electrons. The van der Waals surface area contributed by atoms with Gasteiger partial charge in [0.05, 0.1) is 11.9 Å². The molecule has 2 rings (SSSR count). The zero-order valence-corrected chi connectivity index (χ0v) is 21.0. The zero-order chi connectivity index (χ0) is 25.3. The number of hydrogen-bond acceptors (Lipinski definition) is 5. The summed E-state index contributed by atoms with van der Waals surface area (Å²) in [6, 6.07) is 14.5. The summed E-state index contributed by atoms with van der Waals surface area (Å²) in [5.74, 6) is -1.05. The summed E-state index contributed by atoms with van der Waals surface area (Å²) < 4.78 is 26.2. The van der Waals surface area contributed by atoms with Crippen LogP contribution in [0.3, 0.4) is 0 Å². The molecule has 34 heavy (non-hydrogen) atoms. The zero-order valence-electron chi connectivity index (χ0n) is 20.2. The smallest absolute Gasteiger partial charge is 0.244 e. The number of nitrogens with one attached hydrogen (secondary N) is 1. The van der Waals surface area contributed by atoms with E-state index in [0.29, 0.717) is 12.1 Å². The second kappa shape index (κ2) is 12.3. The molecule has 2 aromatic rings. The summed E-state index contributed by atoms with van der Waals surface area (Å²) in [4.78, 5) is 39.4. The van der Waals surface area contributed by atoms with Gasteiger partial charge in [0.25, 0.3) is 0 Å². The second-order valence-electron chi connectivity index (χ2n) is 8.20. The molecule has 2 amide bonds. The van der Waals surface area contributed by atoms with Crippen LogP contribution in [0, 0.1) is 0 Å². The third-order valence-electron chi connectivity index (χ3n) is 5.41. The van der Waals surface area contributed by atoms with Crippen molar-refractivity contribution >= 4 is 33.3 Å². The number of carbonyl (C=O) groups excluding carboxylic acids is 3. The van der Waals surface area contributed by atoms with Crippen molar-refractivity contribution in [1.82, 2.24) is 10.2 Å². The maximum Gasteiger partial charge on any atom is 0.244 e. The van der Waals surface area contributed by atoms with Crippen molar-refractivity contribution in [2.24, 2.45) is 0 Å². The predicted molar refractivity (Wildman–Crippen MR) is 133 cm³/mol. The fourth-order valence-corrected chi connectivity index (χ4v) is 4.23. The first-order chi connectivity index (χ1) is 16.0. The number of amides is 2. The molecule has 0 aliphatic heterocycles. The molecular weight excluding hydrogens is 454 g/mol. The molecule has 0 fully saturated rings. The predicted octanol–water partition coefficient (Wildman–Crippen LogP) is 2.99. The molecule has 0 aromatic heterocycles. The molecule has 0 aliphatic carbocycles. The number of carbonyl (C=O) groups is 3. The van der Waals surface area contributed by atoms with Gasteiger partial charge >= 0.3 is 0 Å². The molecule has 0 bridgehead atoms. The Labute approximate surface area is 202 Å². The topological polar surface area (TPSA) is 104 Å². The molecule has 0 aliphatic rings. The van der Waals surface area contributed by atoms with Crippen LogP contribution in [0.4, 0.5) is 5.69 Å². The van der Waals surface area contributed by atoms with Gasteiger partial charge in [-0.25, -0.2) is 8.42 Å². The molecule has 9 heteroatoms. The van der Waals surface area contributed by atoms with Crippen molar-refractivity contribution in [2.45, 2.75) is 46.2 Å². The summed E-state index contributed by atoms with van der Waals surface area (Å²) in [6.45, 7) is 5.17. The first-order valence-corrected chi connectivity index (χ1v) is 13.1. The average Bonchev–Trinajstić information content (AvgIpc) is 2.80. The molecule has 0 saturated heterocycles. The normalized spacial score (nSPS) is 12.0. The Balaban J connectivity index is 2.36. The Bertz CT molecular complexity index is 1100. The summed E-state index contributed by atoms with van der Waals surface area (Å²) in [5, 5.41) is 2.84. The summed E-state index contributed by atoms with van der Waals surface area (Å²) in [5.41, 5.74) is 1.36. The van der Waals surface area contributed by atoms with Crippen molar-refractivity contribution in [3.05, 3.63) is 65.7 Å². The van der Waals surface area contributed by atoms with Gasteiger partial charge in [0.2, 0.25) is 21.8 Å². The lowest BCUT2D eigenvalue weighted by Gasteiger charge is -2.31. The quantitative estimate of drug-likeness (QED) is 0.366. The number of Topliss-reactive ketones (excluding diaryl/α,β-unsaturated/α-hetero) is 1. The SMILES string of the molecule is CCCCNC(=O)[C@@H](C)N(Cc1ccccc1)C(=O)CN(c1cccc(C(C)=O)c1)S(C)(=O)=O. The highest BCUT2D eigenvalue weighted by Crippen LogP contribution is 2.21. The minimum absolute atomic E-state index is 0.146. The van der Waals surface area contributed by atoms with Crippen LogP contribution in [-0.2, 0) is 26.2 Å². The molecule has 1 N–H and O–H groups in total. The summed E-state index contributed by atoms with van der Waals surface area (Å²) >= 11 is 0. The Morgan fingerprint density at radius 1 is 1.03 bits per heavy atom. The van der Waals surface area contributed by atoms with Crippen LogP contribution in [0.15, 0.2) is 54.6 Å². The van der Waals surface area contributed by atoms with Gasteiger partial charge in [0.1, 0.15) is 12.6 Å². The van der Waals surface area contributed by atoms with E-state index in [-0.39, 0.29) is 23.9 Å². The average molecular weight is 488 g/mol. The molecule has 0 heterocycles. The standard InChI is InChI=1S/C25H33N3O5S/c1-5-6-15-26-25(31)19(2)27(17-21-11-8-7-9-12-21)24(30)18-28(34(4,32)33)23-14-10-13-22(16-23)20(3)29/h7-14,16,19H,5-6,15,17-18H2,1-4H3,(H,26,31)/t19-/m1/s1. The molecule has 1 atom stereocenters. The third-order valence-corrected chi connectivity index (χ3v) is 6.55. The van der Waals surface area contributed by atoms with Gasteiger partial charge in [0, 0.05) is 18.7 Å². The van der Waals surface area contributed by atoms with E-state index in [1.165, 1.54) is 24.0 Å². The van der Waals surface area contributed by atoms with Gasteiger partial charge in [-0.3, -0.25) is 18.7 Å². The van der Waals surface area contributed by atoms with Crippen molar-refractivity contribution in [3.8, 4) is 0 Å². The van der Waals surface area contributed by atoms with Crippen LogP contribution in [0.25, 0.3) is 0 Å². The van der Waals surface area contributed by atoms with E-state index in [2.05, 4.69) is 5.32 Å². The van der Waals surface area contributed by atoms with Gasteiger partial charge in [-0.15, -0.1) is 0 Å². The van der Waals surface area contributed by atoms with Crippen LogP contribution < -0.4 is 9.62 Å². The number of nitrogens with zero attached hydrogens (tertiary/aromatic N) is 2. The Kier molecular flexibility index (Phi) is 9.80. The number of unbranched alkanes of at least 4 members (excludes halogenated alkanes) is 1. The summed E-state index contributed by atoms with van der Waals surface area (Å²) in [6.07, 6.45) is 2.74. The molecule has 0 spiro atoms. The fourth-order valence-electron chi connectivity index (χ4n) is 3.39. The highest BCUT2D eigenvalue weighted by molar-refractivity contribution is 7.92. The lowest BCUT2D eigenvalue weighted by atomic mass is 10.1. The van der Waals surface area contributed by atoms with Crippen molar-refractivity contribution in [2.75, 3.05) is 23.7 Å². The van der Waals surface area contributed by atoms with Crippen molar-refractivity contribution < 1.29 is 22.8 Å². The van der Waals surface area contributed by atoms with Crippen LogP contribution in [0.5, 0.6) is 0 Å². The van der Waals surface area contributed by atoms with Gasteiger partial charge in [-0.05, 0) is 38.0 Å². The molecule has 0 saturated carbocycles. The fraction of sp³-hybridized carbons (Fsp3) is 0.400. The van der Waals surface area contributed by atoms with E-state index in [1.54, 1.807) is 19.1 Å². The first-order valence-electron chi connectivity index (χ1n) is 11.2. The van der Waals surface area contributed by atoms with E-state index < -0.39 is 28.5 Å². The summed E-state index contributed by atoms with van der Waals surface area (Å²) in [7, 11) is -3.85. The van der Waals surface area contributed by atoms with E-state index in [9.17, 15) is 22.8 Å². The third kappa shape index (κ3) is 7.69. The number of rotatable bonds is 12. The minimum Gasteiger partial charge on any atom is -0.354 e. The van der Waals surface area contributed by atoms with Crippen LogP contribution in [-0.4, -0.2) is 56.3 Å². The maximum absolute atomic E-state index is 13.4. The number of ketones is 1. The molecule has 8 nitrogen and oxygen atoms in total. The van der Waals surface area contributed by atoms with Gasteiger partial charge in [-0.2, -0.15) is 0 Å². The van der Waals surface area contributed by atoms with E-state index in [4.69, 9.17) is 0 Å². The Morgan fingerprint density at radius 3 is 2.29 bits per heavy atom. The molecule has 0 unspecified atom stereocenters. The van der Waals surface area contributed by atoms with Crippen LogP contribution in [0.1, 0.15) is 49.5 Å². The molecular formula is C25H33N3O5S. The van der Waals surface area contributed by atoms with Crippen molar-refractivity contribution in [1.29, 1.82) is 0 Å². The number of anilines is 1. The monoisotopic (exact) mass is 487 g/mol. The number of benzene rings is 2. The number of sulfonamides is 1. The van der Waals surface area contributed by atoms with Gasteiger partial charge in [0.15, 0.2) is 5.78 Å². The minimum atomic E-state index is -3.85. The van der Waals surface area contributed by atoms with Gasteiger partial charge in [-0.1, -0.05) is 55.8 Å². The number of hydrogen-bond donors (Lipinski definition) is 1. The Morgan fingerprint density at radius 2 is 1.71 bits per heavy atom. The molecule has 0 radical (unpaired) electrons. The van der Waals surface area contributed by atoms with Crippen molar-refractivity contribution in [3.63, 3.8) is 0 Å². The van der Waals surface area contributed by atoms with Crippen LogP contribution in [0.2, 0.25) is 0 Å². The lowest BCUT2D eigenvalue weighted by Crippen LogP contribution is -2.51. The van der Waals surface area contributed by atoms with E-state index >= 15 is 0 Å². The maximum atomic E-state index is 13.4. The highest BCUT2D eigenvalue weighted by atomic mass is 32.2.